The van der Waals surface area contributed by atoms with E-state index in [9.17, 15) is 19.2 Å². The van der Waals surface area contributed by atoms with Gasteiger partial charge in [-0.1, -0.05) is 30.3 Å². The highest BCUT2D eigenvalue weighted by Gasteiger charge is 2.35. The van der Waals surface area contributed by atoms with Crippen molar-refractivity contribution < 1.29 is 19.2 Å². The van der Waals surface area contributed by atoms with Crippen molar-refractivity contribution >= 4 is 23.6 Å². The Morgan fingerprint density at radius 3 is 2.11 bits per heavy atom. The van der Waals surface area contributed by atoms with E-state index in [0.29, 0.717) is 5.56 Å². The van der Waals surface area contributed by atoms with Crippen LogP contribution in [-0.2, 0) is 9.59 Å². The fourth-order valence-electron chi connectivity index (χ4n) is 1.66. The van der Waals surface area contributed by atoms with Crippen molar-refractivity contribution in [1.29, 1.82) is 0 Å². The minimum absolute atomic E-state index is 0.255. The molecule has 92 valence electrons. The van der Waals surface area contributed by atoms with E-state index in [2.05, 4.69) is 0 Å². The zero-order chi connectivity index (χ0) is 13.1. The van der Waals surface area contributed by atoms with E-state index in [1.807, 2.05) is 10.6 Å². The van der Waals surface area contributed by atoms with E-state index >= 15 is 0 Å². The molecule has 6 nitrogen and oxygen atoms in total. The second-order valence-corrected chi connectivity index (χ2v) is 3.85. The maximum atomic E-state index is 11.8. The van der Waals surface area contributed by atoms with Crippen LogP contribution in [0.5, 0.6) is 0 Å². The zero-order valence-corrected chi connectivity index (χ0v) is 9.30. The van der Waals surface area contributed by atoms with Gasteiger partial charge in [0, 0.05) is 12.0 Å². The van der Waals surface area contributed by atoms with E-state index in [-0.39, 0.29) is 12.2 Å². The SMILES string of the molecule is O=C1NC(=O)C(CC(=O)c2ccccc2)C(=O)N1. The van der Waals surface area contributed by atoms with Crippen molar-refractivity contribution in [1.82, 2.24) is 10.6 Å². The number of hydrogen-bond donors (Lipinski definition) is 2. The number of ketones is 1. The molecule has 0 saturated carbocycles. The van der Waals surface area contributed by atoms with Crippen molar-refractivity contribution in [3.8, 4) is 0 Å². The van der Waals surface area contributed by atoms with Crippen LogP contribution < -0.4 is 10.6 Å². The maximum Gasteiger partial charge on any atom is 0.328 e. The Labute approximate surface area is 102 Å². The van der Waals surface area contributed by atoms with Crippen LogP contribution in [0.15, 0.2) is 30.3 Å². The molecule has 18 heavy (non-hydrogen) atoms. The van der Waals surface area contributed by atoms with Gasteiger partial charge in [0.25, 0.3) is 0 Å². The topological polar surface area (TPSA) is 92.3 Å². The Hall–Kier alpha value is -2.50. The van der Waals surface area contributed by atoms with Crippen molar-refractivity contribution in [2.45, 2.75) is 6.42 Å². The molecule has 0 unspecified atom stereocenters. The van der Waals surface area contributed by atoms with E-state index in [1.165, 1.54) is 0 Å². The van der Waals surface area contributed by atoms with Crippen molar-refractivity contribution in [2.24, 2.45) is 5.92 Å². The van der Waals surface area contributed by atoms with Gasteiger partial charge in [-0.05, 0) is 0 Å². The number of nitrogens with one attached hydrogen (secondary N) is 2. The van der Waals surface area contributed by atoms with Crippen molar-refractivity contribution in [3.05, 3.63) is 35.9 Å². The number of carbonyl (C=O) groups is 4. The number of imide groups is 2. The van der Waals surface area contributed by atoms with Crippen LogP contribution in [0.2, 0.25) is 0 Å². The lowest BCUT2D eigenvalue weighted by molar-refractivity contribution is -0.135. The first-order chi connectivity index (χ1) is 8.58. The molecule has 4 amide bonds. The fraction of sp³-hybridized carbons (Fsp3) is 0.167. The molecule has 1 aliphatic heterocycles. The summed E-state index contributed by atoms with van der Waals surface area (Å²) in [6.07, 6.45) is -0.255. The number of Topliss-reactive ketones (excluding diaryl/α,β-unsaturated/α-hetero) is 1. The molecular weight excluding hydrogens is 236 g/mol. The summed E-state index contributed by atoms with van der Waals surface area (Å²) in [4.78, 5) is 45.6. The second kappa shape index (κ2) is 4.79. The number of hydrogen-bond acceptors (Lipinski definition) is 4. The number of barbiturate groups is 1. The van der Waals surface area contributed by atoms with Gasteiger partial charge in [0.1, 0.15) is 5.92 Å². The maximum absolute atomic E-state index is 11.8. The van der Waals surface area contributed by atoms with Crippen molar-refractivity contribution in [3.63, 3.8) is 0 Å². The molecule has 0 radical (unpaired) electrons. The first-order valence-electron chi connectivity index (χ1n) is 5.32. The Kier molecular flexibility index (Phi) is 3.18. The van der Waals surface area contributed by atoms with Crippen LogP contribution in [0.3, 0.4) is 0 Å². The molecular formula is C12H10N2O4. The van der Waals surface area contributed by atoms with Crippen LogP contribution in [0, 0.1) is 5.92 Å². The van der Waals surface area contributed by atoms with Gasteiger partial charge in [0.15, 0.2) is 5.78 Å². The summed E-state index contributed by atoms with van der Waals surface area (Å²) in [7, 11) is 0. The lowest BCUT2D eigenvalue weighted by atomic mass is 9.96. The Morgan fingerprint density at radius 2 is 1.56 bits per heavy atom. The summed E-state index contributed by atoms with van der Waals surface area (Å²) in [5, 5.41) is 3.91. The molecule has 0 spiro atoms. The Morgan fingerprint density at radius 1 is 1.00 bits per heavy atom. The van der Waals surface area contributed by atoms with Crippen LogP contribution >= 0.6 is 0 Å². The highest BCUT2D eigenvalue weighted by atomic mass is 16.2. The average molecular weight is 246 g/mol. The van der Waals surface area contributed by atoms with Gasteiger partial charge in [0.05, 0.1) is 0 Å². The molecule has 1 aromatic rings. The van der Waals surface area contributed by atoms with Crippen molar-refractivity contribution in [2.75, 3.05) is 0 Å². The van der Waals surface area contributed by atoms with Crippen LogP contribution in [0.1, 0.15) is 16.8 Å². The predicted molar refractivity (Wildman–Crippen MR) is 60.6 cm³/mol. The van der Waals surface area contributed by atoms with Crippen LogP contribution in [-0.4, -0.2) is 23.6 Å². The second-order valence-electron chi connectivity index (χ2n) is 3.85. The number of benzene rings is 1. The molecule has 1 aromatic carbocycles. The van der Waals surface area contributed by atoms with Gasteiger partial charge in [-0.3, -0.25) is 25.0 Å². The molecule has 0 aliphatic carbocycles. The molecule has 1 fully saturated rings. The van der Waals surface area contributed by atoms with E-state index in [0.717, 1.165) is 0 Å². The Balaban J connectivity index is 2.10. The normalized spacial score (nSPS) is 16.1. The van der Waals surface area contributed by atoms with E-state index in [4.69, 9.17) is 0 Å². The van der Waals surface area contributed by atoms with Gasteiger partial charge < -0.3 is 0 Å². The minimum Gasteiger partial charge on any atom is -0.294 e. The lowest BCUT2D eigenvalue weighted by Crippen LogP contribution is -2.56. The fourth-order valence-corrected chi connectivity index (χ4v) is 1.66. The third kappa shape index (κ3) is 2.42. The molecule has 0 bridgehead atoms. The van der Waals surface area contributed by atoms with Crippen LogP contribution in [0.4, 0.5) is 4.79 Å². The molecule has 6 heteroatoms. The predicted octanol–water partition coefficient (Wildman–Crippen LogP) is 0.242. The van der Waals surface area contributed by atoms with Gasteiger partial charge in [-0.25, -0.2) is 4.79 Å². The van der Waals surface area contributed by atoms with Gasteiger partial charge >= 0.3 is 6.03 Å². The monoisotopic (exact) mass is 246 g/mol. The van der Waals surface area contributed by atoms with Gasteiger partial charge in [-0.2, -0.15) is 0 Å². The number of carbonyl (C=O) groups excluding carboxylic acids is 4. The average Bonchev–Trinajstić information content (AvgIpc) is 2.34. The summed E-state index contributed by atoms with van der Waals surface area (Å²) in [6.45, 7) is 0. The zero-order valence-electron chi connectivity index (χ0n) is 9.30. The molecule has 1 heterocycles. The summed E-state index contributed by atoms with van der Waals surface area (Å²) in [5.41, 5.74) is 0.426. The number of amides is 4. The summed E-state index contributed by atoms with van der Waals surface area (Å²) in [5.74, 6) is -2.96. The largest absolute Gasteiger partial charge is 0.328 e. The third-order valence-corrected chi connectivity index (χ3v) is 2.59. The smallest absolute Gasteiger partial charge is 0.294 e. The quantitative estimate of drug-likeness (QED) is 0.590. The molecule has 0 atom stereocenters. The van der Waals surface area contributed by atoms with E-state index < -0.39 is 23.8 Å². The lowest BCUT2D eigenvalue weighted by Gasteiger charge is -2.19. The summed E-state index contributed by atoms with van der Waals surface area (Å²) < 4.78 is 0. The number of rotatable bonds is 3. The summed E-state index contributed by atoms with van der Waals surface area (Å²) >= 11 is 0. The molecule has 2 N–H and O–H groups in total. The molecule has 0 aromatic heterocycles. The highest BCUT2D eigenvalue weighted by Crippen LogP contribution is 2.12. The minimum atomic E-state index is -1.16. The standard InChI is InChI=1S/C12H10N2O4/c15-9(7-4-2-1-3-5-7)6-8-10(16)13-12(18)14-11(8)17/h1-5,8H,6H2,(H2,13,14,16,17,18). The summed E-state index contributed by atoms with van der Waals surface area (Å²) in [6, 6.07) is 7.50. The first-order valence-corrected chi connectivity index (χ1v) is 5.32. The molecule has 1 saturated heterocycles. The van der Waals surface area contributed by atoms with Gasteiger partial charge in [0.2, 0.25) is 11.8 Å². The molecule has 1 aliphatic rings. The highest BCUT2D eigenvalue weighted by molar-refractivity contribution is 6.18. The van der Waals surface area contributed by atoms with E-state index in [1.54, 1.807) is 30.3 Å². The molecule has 2 rings (SSSR count). The Bertz CT molecular complexity index is 504. The first kappa shape index (κ1) is 12.0. The van der Waals surface area contributed by atoms with Gasteiger partial charge in [-0.15, -0.1) is 0 Å². The number of urea groups is 1. The van der Waals surface area contributed by atoms with Crippen LogP contribution in [0.25, 0.3) is 0 Å². The third-order valence-electron chi connectivity index (χ3n) is 2.59.